The zero-order valence-corrected chi connectivity index (χ0v) is 75.3. The highest BCUT2D eigenvalue weighted by Crippen LogP contribution is 2.48. The first-order chi connectivity index (χ1) is 61.5. The normalized spacial score (nSPS) is 14.8. The van der Waals surface area contributed by atoms with Crippen LogP contribution in [0.3, 0.4) is 0 Å². The second-order valence-corrected chi connectivity index (χ2v) is 32.7. The lowest BCUT2D eigenvalue weighted by molar-refractivity contribution is 0.148. The summed E-state index contributed by atoms with van der Waals surface area (Å²) in [5.41, 5.74) is 16.6. The molecule has 31 heteroatoms. The van der Waals surface area contributed by atoms with Crippen LogP contribution in [0.25, 0.3) is 0 Å². The van der Waals surface area contributed by atoms with Gasteiger partial charge in [0.25, 0.3) is 0 Å². The van der Waals surface area contributed by atoms with Crippen molar-refractivity contribution in [2.24, 2.45) is 0 Å². The number of anilines is 14. The van der Waals surface area contributed by atoms with Crippen LogP contribution in [0.4, 0.5) is 94.9 Å². The number of halogens is 1. The Kier molecular flexibility index (Phi) is 27.3. The Bertz CT molecular complexity index is 5900. The van der Waals surface area contributed by atoms with Gasteiger partial charge in [-0.1, -0.05) is 84.4 Å². The third kappa shape index (κ3) is 19.6. The number of carbonyl (C=O) groups excluding carboxylic acids is 3. The lowest BCUT2D eigenvalue weighted by Gasteiger charge is -2.37. The summed E-state index contributed by atoms with van der Waals surface area (Å²) in [6, 6.07) is 50.0. The number of nitrogens with one attached hydrogen (secondary N) is 2. The van der Waals surface area contributed by atoms with Crippen LogP contribution < -0.4 is 73.4 Å². The molecule has 0 spiro atoms. The number of aromatic nitrogens is 8. The van der Waals surface area contributed by atoms with Gasteiger partial charge in [0, 0.05) is 143 Å². The zero-order chi connectivity index (χ0) is 89.3. The Hall–Kier alpha value is -13.7. The Balaban J connectivity index is 0.000000147. The van der Waals surface area contributed by atoms with Crippen molar-refractivity contribution in [3.05, 3.63) is 255 Å². The average molecular weight is 1740 g/mol. The predicted octanol–water partition coefficient (Wildman–Crippen LogP) is 16.8. The van der Waals surface area contributed by atoms with Gasteiger partial charge >= 0.3 is 18.1 Å². The molecule has 12 aromatic rings. The van der Waals surface area contributed by atoms with Gasteiger partial charge in [-0.05, 0) is 168 Å². The van der Waals surface area contributed by atoms with Crippen molar-refractivity contribution in [3.63, 3.8) is 0 Å². The summed E-state index contributed by atoms with van der Waals surface area (Å²) in [5, 5.41) is 11.4. The number of ether oxygens (including phenoxy) is 6. The second kappa shape index (κ2) is 39.3. The van der Waals surface area contributed by atoms with Gasteiger partial charge in [0.15, 0.2) is 11.6 Å². The number of rotatable bonds is 24. The first-order valence-electron chi connectivity index (χ1n) is 42.2. The first-order valence-corrected chi connectivity index (χ1v) is 42.6. The van der Waals surface area contributed by atoms with Gasteiger partial charge in [0.05, 0.1) is 120 Å². The minimum atomic E-state index is -0.312. The minimum Gasteiger partial charge on any atom is -0.497 e. The number of amides is 6. The fraction of sp³-hybridized carbons (Fsp3) is 0.312. The number of piperazine rings is 2. The molecule has 658 valence electrons. The van der Waals surface area contributed by atoms with Crippen molar-refractivity contribution in [1.82, 2.24) is 59.3 Å². The van der Waals surface area contributed by atoms with Gasteiger partial charge in [-0.15, -0.1) is 0 Å². The molecule has 2 saturated heterocycles. The van der Waals surface area contributed by atoms with E-state index in [0.717, 1.165) is 145 Å². The molecule has 0 atom stereocenters. The van der Waals surface area contributed by atoms with Crippen LogP contribution in [-0.4, -0.2) is 207 Å². The van der Waals surface area contributed by atoms with E-state index in [-0.39, 0.29) is 24.6 Å². The molecule has 2 fully saturated rings. The van der Waals surface area contributed by atoms with Crippen LogP contribution in [0, 0.1) is 34.6 Å². The number of fused-ring (bicyclic) bond motifs is 3. The number of hydrogen-bond donors (Lipinski definition) is 2. The number of carbonyl (C=O) groups is 3. The molecule has 30 nitrogen and oxygen atoms in total. The largest absolute Gasteiger partial charge is 0.497 e. The molecule has 127 heavy (non-hydrogen) atoms. The summed E-state index contributed by atoms with van der Waals surface area (Å²) in [6.45, 7) is 22.0. The lowest BCUT2D eigenvalue weighted by atomic mass is 10.1. The highest BCUT2D eigenvalue weighted by molar-refractivity contribution is 6.34. The Morgan fingerprint density at radius 2 is 0.843 bits per heavy atom. The summed E-state index contributed by atoms with van der Waals surface area (Å²) >= 11 is 6.63. The molecule has 6 amide bonds. The fourth-order valence-electron chi connectivity index (χ4n) is 16.4. The van der Waals surface area contributed by atoms with Crippen LogP contribution in [0.15, 0.2) is 189 Å². The topological polar surface area (TPSA) is 261 Å². The molecule has 0 bridgehead atoms. The lowest BCUT2D eigenvalue weighted by Crippen LogP contribution is -2.46. The number of urea groups is 3. The number of likely N-dealkylation sites (N-methyl/N-ethyl adjacent to an activating group) is 3. The molecule has 0 radical (unpaired) electrons. The highest BCUT2D eigenvalue weighted by atomic mass is 35.5. The smallest absolute Gasteiger partial charge is 0.335 e. The van der Waals surface area contributed by atoms with E-state index in [2.05, 4.69) is 101 Å². The number of para-hydroxylation sites is 3. The molecule has 17 rings (SSSR count). The van der Waals surface area contributed by atoms with Crippen molar-refractivity contribution in [2.45, 2.75) is 73.8 Å². The van der Waals surface area contributed by atoms with Crippen LogP contribution >= 0.6 is 11.6 Å². The molecule has 4 aromatic heterocycles. The van der Waals surface area contributed by atoms with Crippen molar-refractivity contribution in [1.29, 1.82) is 0 Å². The van der Waals surface area contributed by atoms with Gasteiger partial charge in [-0.3, -0.25) is 24.3 Å². The van der Waals surface area contributed by atoms with E-state index in [0.29, 0.717) is 117 Å². The summed E-state index contributed by atoms with van der Waals surface area (Å²) in [6.07, 6.45) is 9.57. The zero-order valence-electron chi connectivity index (χ0n) is 74.6. The molecule has 8 aromatic carbocycles. The number of aryl methyl sites for hydroxylation is 5. The van der Waals surface area contributed by atoms with Crippen LogP contribution in [0.5, 0.6) is 34.5 Å². The van der Waals surface area contributed by atoms with E-state index < -0.39 is 0 Å². The molecule has 5 aliphatic rings. The third-order valence-electron chi connectivity index (χ3n) is 23.3. The maximum Gasteiger partial charge on any atom is 0.335 e. The van der Waals surface area contributed by atoms with E-state index in [1.54, 1.807) is 139 Å². The summed E-state index contributed by atoms with van der Waals surface area (Å²) < 4.78 is 35.2. The quantitative estimate of drug-likeness (QED) is 0.0569. The number of benzene rings is 8. The average Bonchev–Trinajstić information content (AvgIpc) is 0.790. The number of methoxy groups -OCH3 is 6. The van der Waals surface area contributed by atoms with Gasteiger partial charge in [0.1, 0.15) is 46.1 Å². The van der Waals surface area contributed by atoms with Crippen molar-refractivity contribution >= 4 is 110 Å². The highest BCUT2D eigenvalue weighted by Gasteiger charge is 2.41. The van der Waals surface area contributed by atoms with Crippen molar-refractivity contribution in [3.8, 4) is 34.5 Å². The SMILES string of the molecule is COc1ccc(N2C(=O)N(c3c(C)cccc3C)Cc3cnc(Cc4ccc(CN5CCN(C)CC5)cc4)nc32)c(OC)c1.COc1ccc(N2C(=O)N(c3c(C)cccc3C)Cc3cnc(Nc4cnn(CCN(C)C)c4)nc32)c(OC)c1.COc1ccc(N2C(=O)N(c3c(C)cccc3Cl)Cc3cnc(Nc4ccc(N5CCN(C)CC5)cc4)nc32)c(OC)c1. The van der Waals surface area contributed by atoms with Crippen molar-refractivity contribution in [2.75, 3.05) is 175 Å². The molecule has 2 N–H and O–H groups in total. The van der Waals surface area contributed by atoms with E-state index in [4.69, 9.17) is 60.0 Å². The molecular formula is C96H108ClN21O9. The van der Waals surface area contributed by atoms with E-state index >= 15 is 0 Å². The minimum absolute atomic E-state index is 0.198. The number of hydrogen-bond acceptors (Lipinski definition) is 23. The molecule has 5 aliphatic heterocycles. The summed E-state index contributed by atoms with van der Waals surface area (Å²) in [4.78, 5) is 93.3. The first kappa shape index (κ1) is 88.2. The number of nitrogens with zero attached hydrogens (tertiary/aromatic N) is 19. The van der Waals surface area contributed by atoms with E-state index in [1.165, 1.54) is 11.3 Å². The summed E-state index contributed by atoms with van der Waals surface area (Å²) in [7, 11) is 17.9. The maximum atomic E-state index is 14.4. The van der Waals surface area contributed by atoms with E-state index in [9.17, 15) is 14.4 Å². The monoisotopic (exact) mass is 1730 g/mol. The van der Waals surface area contributed by atoms with Crippen LogP contribution in [0.1, 0.15) is 61.5 Å². The van der Waals surface area contributed by atoms with Crippen LogP contribution in [-0.2, 0) is 39.1 Å². The molecule has 0 saturated carbocycles. The fourth-order valence-corrected chi connectivity index (χ4v) is 16.7. The molecule has 9 heterocycles. The Morgan fingerprint density at radius 1 is 0.433 bits per heavy atom. The standard InChI is InChI=1S/C35H40N6O3.C32H34ClN7O3.C29H34N8O3/c1-24-7-6-8-25(2)33(24)40-23-28-21-36-32(19-26-9-11-27(12-10-26)22-39-17-15-38(3)16-18-39)37-34(28)41(35(40)42)30-14-13-29(43-4)20-31(30)44-5;1-21-6-5-7-26(33)29(21)39-20-22-19-34-31(35-23-8-10-24(11-9-23)38-16-14-37(2)15-17-38)36-30(22)40(32(39)41)27-13-12-25(42-3)18-28(27)43-4;1-19-8-7-9-20(2)26(19)36-17-21-15-30-28(32-22-16-31-35(18-22)13-12-34(3)4)33-27(21)37(29(36)38)24-11-10-23(39-5)14-25(24)40-6/h6-14,20-21H,15-19,22-23H2,1-5H3;5-13,18-19H,14-17,20H2,1-4H3,(H,34,35,36);7-11,14-16,18H,12-13,17H2,1-6H3,(H,30,32,33). The van der Waals surface area contributed by atoms with Gasteiger partial charge in [-0.25, -0.2) is 49.0 Å². The Morgan fingerprint density at radius 3 is 1.28 bits per heavy atom. The third-order valence-corrected chi connectivity index (χ3v) is 23.6. The Labute approximate surface area is 746 Å². The van der Waals surface area contributed by atoms with Crippen molar-refractivity contribution < 1.29 is 42.8 Å². The maximum absolute atomic E-state index is 14.4. The molecule has 0 aliphatic carbocycles. The molecule has 0 unspecified atom stereocenters. The van der Waals surface area contributed by atoms with Gasteiger partial charge in [0.2, 0.25) is 11.9 Å². The van der Waals surface area contributed by atoms with Gasteiger partial charge < -0.3 is 58.7 Å². The molecular weight excluding hydrogens is 1630 g/mol. The van der Waals surface area contributed by atoms with E-state index in [1.807, 2.05) is 139 Å². The second-order valence-electron chi connectivity index (χ2n) is 32.3. The van der Waals surface area contributed by atoms with Crippen LogP contribution in [0.2, 0.25) is 5.02 Å². The predicted molar refractivity (Wildman–Crippen MR) is 499 cm³/mol. The summed E-state index contributed by atoms with van der Waals surface area (Å²) in [5.74, 6) is 6.22. The van der Waals surface area contributed by atoms with Gasteiger partial charge in [-0.2, -0.15) is 15.1 Å².